The van der Waals surface area contributed by atoms with Crippen molar-refractivity contribution in [2.24, 2.45) is 0 Å². The Labute approximate surface area is 137 Å². The Morgan fingerprint density at radius 3 is 2.76 bits per heavy atom. The molecule has 110 valence electrons. The van der Waals surface area contributed by atoms with Gasteiger partial charge < -0.3 is 5.32 Å². The van der Waals surface area contributed by atoms with E-state index in [4.69, 9.17) is 11.6 Å². The normalized spacial score (nSPS) is 10.5. The van der Waals surface area contributed by atoms with Gasteiger partial charge in [-0.05, 0) is 43.2 Å². The third-order valence-electron chi connectivity index (χ3n) is 3.05. The lowest BCUT2D eigenvalue weighted by Gasteiger charge is -2.08. The van der Waals surface area contributed by atoms with Gasteiger partial charge in [-0.15, -0.1) is 0 Å². The Bertz CT molecular complexity index is 673. The lowest BCUT2D eigenvalue weighted by Crippen LogP contribution is -2.13. The van der Waals surface area contributed by atoms with Gasteiger partial charge in [0.2, 0.25) is 0 Å². The Kier molecular flexibility index (Phi) is 5.37. The van der Waals surface area contributed by atoms with Crippen LogP contribution in [-0.2, 0) is 6.42 Å². The Morgan fingerprint density at radius 1 is 1.33 bits per heavy atom. The molecule has 0 atom stereocenters. The zero-order valence-corrected chi connectivity index (χ0v) is 14.3. The van der Waals surface area contributed by atoms with Crippen molar-refractivity contribution in [1.82, 2.24) is 4.98 Å². The second-order valence-electron chi connectivity index (χ2n) is 4.84. The molecule has 0 aliphatic carbocycles. The summed E-state index contributed by atoms with van der Waals surface area (Å²) in [5.41, 5.74) is 3.21. The van der Waals surface area contributed by atoms with Crippen LogP contribution >= 0.6 is 27.5 Å². The summed E-state index contributed by atoms with van der Waals surface area (Å²) >= 11 is 9.43. The predicted octanol–water partition coefficient (Wildman–Crippen LogP) is 5.01. The minimum Gasteiger partial charge on any atom is -0.322 e. The van der Waals surface area contributed by atoms with Gasteiger partial charge in [-0.25, -0.2) is 4.98 Å². The predicted molar refractivity (Wildman–Crippen MR) is 90.1 cm³/mol. The number of benzene rings is 1. The molecule has 1 amide bonds. The van der Waals surface area contributed by atoms with Crippen LogP contribution in [-0.4, -0.2) is 10.9 Å². The van der Waals surface area contributed by atoms with Crippen molar-refractivity contribution < 1.29 is 4.79 Å². The molecule has 0 spiro atoms. The highest BCUT2D eigenvalue weighted by Crippen LogP contribution is 2.21. The Balaban J connectivity index is 2.21. The van der Waals surface area contributed by atoms with Crippen LogP contribution in [0.4, 0.5) is 5.69 Å². The van der Waals surface area contributed by atoms with Gasteiger partial charge in [0.05, 0.1) is 0 Å². The van der Waals surface area contributed by atoms with Crippen molar-refractivity contribution in [3.8, 4) is 0 Å². The summed E-state index contributed by atoms with van der Waals surface area (Å²) in [6.07, 6.45) is 1.76. The number of nitrogens with one attached hydrogen (secondary N) is 1. The van der Waals surface area contributed by atoms with E-state index in [-0.39, 0.29) is 5.91 Å². The molecule has 2 aromatic rings. The fourth-order valence-electron chi connectivity index (χ4n) is 1.94. The first-order valence-corrected chi connectivity index (χ1v) is 7.90. The zero-order chi connectivity index (χ0) is 15.4. The second-order valence-corrected chi connectivity index (χ2v) is 6.08. The third-order valence-corrected chi connectivity index (χ3v) is 4.09. The molecule has 21 heavy (non-hydrogen) atoms. The Morgan fingerprint density at radius 2 is 2.10 bits per heavy atom. The summed E-state index contributed by atoms with van der Waals surface area (Å²) in [7, 11) is 0. The van der Waals surface area contributed by atoms with Crippen LogP contribution < -0.4 is 5.32 Å². The molecule has 5 heteroatoms. The number of pyridine rings is 1. The van der Waals surface area contributed by atoms with Crippen LogP contribution in [0.15, 0.2) is 34.8 Å². The number of aryl methyl sites for hydroxylation is 2. The molecule has 0 saturated carbocycles. The monoisotopic (exact) mass is 366 g/mol. The van der Waals surface area contributed by atoms with Gasteiger partial charge in [0.25, 0.3) is 5.91 Å². The van der Waals surface area contributed by atoms with Crippen LogP contribution in [0.1, 0.15) is 35.0 Å². The van der Waals surface area contributed by atoms with E-state index in [1.54, 1.807) is 12.1 Å². The van der Waals surface area contributed by atoms with Gasteiger partial charge in [-0.3, -0.25) is 4.79 Å². The van der Waals surface area contributed by atoms with E-state index < -0.39 is 0 Å². The molecular formula is C16H16BrClN2O. The maximum Gasteiger partial charge on any atom is 0.255 e. The van der Waals surface area contributed by atoms with Crippen LogP contribution in [0.25, 0.3) is 0 Å². The summed E-state index contributed by atoms with van der Waals surface area (Å²) in [5, 5.41) is 3.21. The molecule has 0 unspecified atom stereocenters. The van der Waals surface area contributed by atoms with Gasteiger partial charge in [0.15, 0.2) is 0 Å². The van der Waals surface area contributed by atoms with Crippen molar-refractivity contribution >= 4 is 39.1 Å². The number of hydrogen-bond donors (Lipinski definition) is 1. The number of rotatable bonds is 4. The summed E-state index contributed by atoms with van der Waals surface area (Å²) in [6.45, 7) is 4.06. The smallest absolute Gasteiger partial charge is 0.255 e. The highest BCUT2D eigenvalue weighted by Gasteiger charge is 2.10. The molecular weight excluding hydrogens is 352 g/mol. The van der Waals surface area contributed by atoms with E-state index in [1.165, 1.54) is 0 Å². The Hall–Kier alpha value is -1.39. The summed E-state index contributed by atoms with van der Waals surface area (Å²) in [6, 6.07) is 9.06. The maximum atomic E-state index is 12.3. The van der Waals surface area contributed by atoms with E-state index in [1.807, 2.05) is 25.1 Å². The maximum absolute atomic E-state index is 12.3. The second kappa shape index (κ2) is 7.05. The first-order chi connectivity index (χ1) is 9.99. The number of nitrogens with zero attached hydrogens (tertiary/aromatic N) is 1. The molecule has 0 radical (unpaired) electrons. The molecule has 0 aliphatic rings. The van der Waals surface area contributed by atoms with Gasteiger partial charge in [0.1, 0.15) is 5.15 Å². The summed E-state index contributed by atoms with van der Waals surface area (Å²) in [5.74, 6) is -0.188. The lowest BCUT2D eigenvalue weighted by atomic mass is 10.1. The fourth-order valence-corrected chi connectivity index (χ4v) is 2.55. The van der Waals surface area contributed by atoms with E-state index >= 15 is 0 Å². The first-order valence-electron chi connectivity index (χ1n) is 6.73. The first kappa shape index (κ1) is 16.0. The topological polar surface area (TPSA) is 42.0 Å². The molecule has 0 fully saturated rings. The van der Waals surface area contributed by atoms with Crippen molar-refractivity contribution in [2.75, 3.05) is 5.32 Å². The number of carbonyl (C=O) groups excluding carboxylic acids is 1. The minimum absolute atomic E-state index is 0.188. The number of halogens is 2. The average Bonchev–Trinajstić information content (AvgIpc) is 2.42. The minimum atomic E-state index is -0.188. The van der Waals surface area contributed by atoms with E-state index in [9.17, 15) is 4.79 Å². The quantitative estimate of drug-likeness (QED) is 0.772. The molecule has 1 N–H and O–H groups in total. The van der Waals surface area contributed by atoms with Crippen molar-refractivity contribution in [1.29, 1.82) is 0 Å². The molecule has 2 rings (SSSR count). The highest BCUT2D eigenvalue weighted by molar-refractivity contribution is 9.10. The van der Waals surface area contributed by atoms with Crippen LogP contribution in [0, 0.1) is 6.92 Å². The van der Waals surface area contributed by atoms with Gasteiger partial charge in [-0.1, -0.05) is 46.9 Å². The highest BCUT2D eigenvalue weighted by atomic mass is 79.9. The third kappa shape index (κ3) is 4.29. The zero-order valence-electron chi connectivity index (χ0n) is 11.9. The number of anilines is 1. The van der Waals surface area contributed by atoms with Gasteiger partial charge in [-0.2, -0.15) is 0 Å². The van der Waals surface area contributed by atoms with E-state index in [0.717, 1.165) is 34.3 Å². The number of aromatic nitrogens is 1. The fraction of sp³-hybridized carbons (Fsp3) is 0.250. The summed E-state index contributed by atoms with van der Waals surface area (Å²) in [4.78, 5) is 16.5. The number of carbonyl (C=O) groups is 1. The molecule has 0 saturated heterocycles. The molecule has 1 aromatic carbocycles. The van der Waals surface area contributed by atoms with Crippen LogP contribution in [0.5, 0.6) is 0 Å². The number of amides is 1. The molecule has 3 nitrogen and oxygen atoms in total. The molecule has 0 bridgehead atoms. The number of hydrogen-bond acceptors (Lipinski definition) is 2. The standard InChI is InChI=1S/C16H16BrClN2O/c1-3-4-12-7-11(8-15(18)19-12)16(21)20-13-6-5-10(2)14(17)9-13/h5-9H,3-4H2,1-2H3,(H,20,21). The molecule has 1 aromatic heterocycles. The molecule has 0 aliphatic heterocycles. The lowest BCUT2D eigenvalue weighted by molar-refractivity contribution is 0.102. The van der Waals surface area contributed by atoms with Crippen LogP contribution in [0.2, 0.25) is 5.15 Å². The van der Waals surface area contributed by atoms with E-state index in [0.29, 0.717) is 10.7 Å². The summed E-state index contributed by atoms with van der Waals surface area (Å²) < 4.78 is 0.958. The van der Waals surface area contributed by atoms with Crippen molar-refractivity contribution in [3.63, 3.8) is 0 Å². The van der Waals surface area contributed by atoms with Crippen molar-refractivity contribution in [2.45, 2.75) is 26.7 Å². The SMILES string of the molecule is CCCc1cc(C(=O)Nc2ccc(C)c(Br)c2)cc(Cl)n1. The average molecular weight is 368 g/mol. The molecule has 1 heterocycles. The van der Waals surface area contributed by atoms with Crippen molar-refractivity contribution in [3.05, 3.63) is 56.8 Å². The largest absolute Gasteiger partial charge is 0.322 e. The van der Waals surface area contributed by atoms with Gasteiger partial charge in [0, 0.05) is 21.4 Å². The van der Waals surface area contributed by atoms with E-state index in [2.05, 4.69) is 33.2 Å². The van der Waals surface area contributed by atoms with Crippen LogP contribution in [0.3, 0.4) is 0 Å². The van der Waals surface area contributed by atoms with Gasteiger partial charge >= 0.3 is 0 Å².